The van der Waals surface area contributed by atoms with Crippen molar-refractivity contribution in [2.75, 3.05) is 6.16 Å². The lowest BCUT2D eigenvalue weighted by Gasteiger charge is -2.29. The van der Waals surface area contributed by atoms with Crippen molar-refractivity contribution in [3.05, 3.63) is 144 Å². The monoisotopic (exact) mass is 823 g/mol. The summed E-state index contributed by atoms with van der Waals surface area (Å²) in [6.07, 6.45) is -1.59. The number of nitrogens with zero attached hydrogens (tertiary/aromatic N) is 1. The number of amides is 2. The molecule has 4 aromatic carbocycles. The molecule has 13 heteroatoms. The molecule has 312 valence electrons. The van der Waals surface area contributed by atoms with E-state index in [9.17, 15) is 23.8 Å². The van der Waals surface area contributed by atoms with E-state index in [1.807, 2.05) is 75.4 Å². The summed E-state index contributed by atoms with van der Waals surface area (Å²) in [7, 11) is -4.47. The van der Waals surface area contributed by atoms with E-state index in [1.54, 1.807) is 87.5 Å². The van der Waals surface area contributed by atoms with Crippen LogP contribution in [0, 0.1) is 5.92 Å². The van der Waals surface area contributed by atoms with Crippen LogP contribution < -0.4 is 15.4 Å². The second kappa shape index (κ2) is 19.8. The largest absolute Gasteiger partial charge is 0.488 e. The third kappa shape index (κ3) is 14.6. The Labute approximate surface area is 346 Å². The first-order chi connectivity index (χ1) is 27.9. The molecule has 0 saturated heterocycles. The zero-order valence-electron chi connectivity index (χ0n) is 34.4. The van der Waals surface area contributed by atoms with Crippen LogP contribution in [-0.2, 0) is 49.5 Å². The van der Waals surface area contributed by atoms with Gasteiger partial charge in [0.25, 0.3) is 0 Å². The number of nitrogens with one attached hydrogen (secondary N) is 2. The van der Waals surface area contributed by atoms with Crippen molar-refractivity contribution < 1.29 is 42.6 Å². The van der Waals surface area contributed by atoms with Gasteiger partial charge in [-0.15, -0.1) is 0 Å². The lowest BCUT2D eigenvalue weighted by atomic mass is 10.0. The van der Waals surface area contributed by atoms with E-state index in [0.717, 1.165) is 16.7 Å². The van der Waals surface area contributed by atoms with E-state index in [0.29, 0.717) is 17.0 Å². The van der Waals surface area contributed by atoms with Gasteiger partial charge in [0.15, 0.2) is 0 Å². The summed E-state index contributed by atoms with van der Waals surface area (Å²) in [5.74, 6) is -3.01. The standard InChI is InChI=1S/C46H54N3O9P/c1-45(2,3)56-37-24-22-33(23-25-37)26-40(43(51)57-46(4,5)6)47-42(50)36(28-38-29-39(49-58-38)35-20-14-9-15-21-35)31-59(53,54)41(27-32-16-10-7-11-17-32)48-44(52)55-30-34-18-12-8-13-19-34/h7-25,29,36,40-41H,26-28,30-31H2,1-6H3,(H,47,50)(H,48,52)(H,53,54)/t36?,40-,41+/m0/s1. The quantitative estimate of drug-likeness (QED) is 0.0611. The van der Waals surface area contributed by atoms with Crippen LogP contribution in [0.2, 0.25) is 0 Å². The molecule has 3 N–H and O–H groups in total. The fourth-order valence-electron chi connectivity index (χ4n) is 6.25. The Morgan fingerprint density at radius 2 is 1.31 bits per heavy atom. The van der Waals surface area contributed by atoms with Crippen LogP contribution in [0.4, 0.5) is 4.79 Å². The predicted octanol–water partition coefficient (Wildman–Crippen LogP) is 8.51. The van der Waals surface area contributed by atoms with E-state index in [-0.39, 0.29) is 31.6 Å². The van der Waals surface area contributed by atoms with Gasteiger partial charge in [0, 0.05) is 37.1 Å². The maximum absolute atomic E-state index is 14.6. The third-order valence-electron chi connectivity index (χ3n) is 8.98. The molecule has 0 aliphatic rings. The Morgan fingerprint density at radius 1 is 0.729 bits per heavy atom. The number of ether oxygens (including phenoxy) is 3. The maximum atomic E-state index is 14.6. The molecule has 12 nitrogen and oxygen atoms in total. The van der Waals surface area contributed by atoms with Crippen LogP contribution in [0.15, 0.2) is 126 Å². The van der Waals surface area contributed by atoms with Gasteiger partial charge in [-0.1, -0.05) is 108 Å². The minimum atomic E-state index is -4.47. The zero-order valence-corrected chi connectivity index (χ0v) is 35.3. The fourth-order valence-corrected chi connectivity index (χ4v) is 8.24. The van der Waals surface area contributed by atoms with Crippen molar-refractivity contribution >= 4 is 25.3 Å². The molecule has 4 atom stereocenters. The molecule has 0 fully saturated rings. The van der Waals surface area contributed by atoms with Crippen LogP contribution in [0.3, 0.4) is 0 Å². The average molecular weight is 824 g/mol. The van der Waals surface area contributed by atoms with Crippen molar-refractivity contribution in [3.8, 4) is 17.0 Å². The molecular formula is C46H54N3O9P. The van der Waals surface area contributed by atoms with Gasteiger partial charge < -0.3 is 34.3 Å². The summed E-state index contributed by atoms with van der Waals surface area (Å²) in [4.78, 5) is 53.3. The van der Waals surface area contributed by atoms with Crippen LogP contribution in [0.25, 0.3) is 11.3 Å². The molecule has 5 aromatic rings. The van der Waals surface area contributed by atoms with Gasteiger partial charge in [0.1, 0.15) is 46.8 Å². The number of carbonyl (C=O) groups excluding carboxylic acids is 3. The first-order valence-corrected chi connectivity index (χ1v) is 21.5. The molecule has 0 bridgehead atoms. The summed E-state index contributed by atoms with van der Waals surface area (Å²) in [5, 5.41) is 9.65. The molecule has 59 heavy (non-hydrogen) atoms. The van der Waals surface area contributed by atoms with Crippen LogP contribution >= 0.6 is 7.37 Å². The van der Waals surface area contributed by atoms with E-state index in [1.165, 1.54) is 0 Å². The Morgan fingerprint density at radius 3 is 1.90 bits per heavy atom. The van der Waals surface area contributed by atoms with E-state index in [4.69, 9.17) is 18.7 Å². The van der Waals surface area contributed by atoms with Crippen LogP contribution in [0.5, 0.6) is 5.75 Å². The summed E-state index contributed by atoms with van der Waals surface area (Å²) >= 11 is 0. The number of alkyl carbamates (subject to hydrolysis) is 1. The van der Waals surface area contributed by atoms with Gasteiger partial charge in [-0.25, -0.2) is 9.59 Å². The molecule has 5 rings (SSSR count). The van der Waals surface area contributed by atoms with Gasteiger partial charge in [0.05, 0.1) is 5.92 Å². The minimum absolute atomic E-state index is 0.0285. The SMILES string of the molecule is CC(C)(C)OC(=O)[C@H](Cc1ccc(OC(C)(C)C)cc1)NC(=O)C(Cc1cc(-c2ccccc2)no1)CP(=O)(O)[C@H](Cc1ccccc1)NC(=O)OCc1ccccc1. The topological polar surface area (TPSA) is 166 Å². The Kier molecular flexibility index (Phi) is 14.9. The lowest BCUT2D eigenvalue weighted by molar-refractivity contribution is -0.158. The molecule has 0 aliphatic carbocycles. The molecular weight excluding hydrogens is 769 g/mol. The number of carbonyl (C=O) groups is 3. The number of hydrogen-bond donors (Lipinski definition) is 3. The fraction of sp³-hybridized carbons (Fsp3) is 0.348. The smallest absolute Gasteiger partial charge is 0.408 e. The van der Waals surface area contributed by atoms with Crippen molar-refractivity contribution in [2.45, 2.75) is 90.4 Å². The highest BCUT2D eigenvalue weighted by molar-refractivity contribution is 7.58. The normalized spacial score (nSPS) is 14.2. The molecule has 0 saturated carbocycles. The van der Waals surface area contributed by atoms with Gasteiger partial charge in [-0.2, -0.15) is 0 Å². The van der Waals surface area contributed by atoms with Crippen molar-refractivity contribution in [1.29, 1.82) is 0 Å². The van der Waals surface area contributed by atoms with Gasteiger partial charge in [-0.3, -0.25) is 9.36 Å². The minimum Gasteiger partial charge on any atom is -0.488 e. The van der Waals surface area contributed by atoms with Crippen molar-refractivity contribution in [2.24, 2.45) is 5.92 Å². The Bertz CT molecular complexity index is 2160. The summed E-state index contributed by atoms with van der Waals surface area (Å²) in [6.45, 7) is 10.9. The molecule has 0 spiro atoms. The Hall–Kier alpha value is -5.71. The maximum Gasteiger partial charge on any atom is 0.408 e. The number of benzene rings is 4. The average Bonchev–Trinajstić information content (AvgIpc) is 3.65. The van der Waals surface area contributed by atoms with Crippen LogP contribution in [-0.4, -0.2) is 57.2 Å². The molecule has 2 amide bonds. The molecule has 2 unspecified atom stereocenters. The first-order valence-electron chi connectivity index (χ1n) is 19.6. The lowest BCUT2D eigenvalue weighted by Crippen LogP contribution is -2.48. The Balaban J connectivity index is 1.44. The van der Waals surface area contributed by atoms with Crippen molar-refractivity contribution in [1.82, 2.24) is 15.8 Å². The third-order valence-corrected chi connectivity index (χ3v) is 11.2. The second-order valence-corrected chi connectivity index (χ2v) is 19.0. The predicted molar refractivity (Wildman–Crippen MR) is 226 cm³/mol. The summed E-state index contributed by atoms with van der Waals surface area (Å²) in [6, 6.07) is 35.0. The highest BCUT2D eigenvalue weighted by Crippen LogP contribution is 2.48. The van der Waals surface area contributed by atoms with E-state index < -0.39 is 60.4 Å². The molecule has 1 aromatic heterocycles. The molecule has 0 radical (unpaired) electrons. The van der Waals surface area contributed by atoms with Crippen molar-refractivity contribution in [3.63, 3.8) is 0 Å². The zero-order chi connectivity index (χ0) is 42.6. The van der Waals surface area contributed by atoms with Gasteiger partial charge >= 0.3 is 12.1 Å². The number of rotatable bonds is 17. The van der Waals surface area contributed by atoms with Gasteiger partial charge in [-0.05, 0) is 70.4 Å². The summed E-state index contributed by atoms with van der Waals surface area (Å²) in [5.41, 5.74) is 2.15. The first kappa shape index (κ1) is 44.4. The number of aromatic nitrogens is 1. The van der Waals surface area contributed by atoms with E-state index >= 15 is 0 Å². The van der Waals surface area contributed by atoms with Crippen LogP contribution in [0.1, 0.15) is 64.0 Å². The highest BCUT2D eigenvalue weighted by Gasteiger charge is 2.39. The molecule has 1 heterocycles. The number of esters is 1. The van der Waals surface area contributed by atoms with Gasteiger partial charge in [0.2, 0.25) is 13.3 Å². The van der Waals surface area contributed by atoms with E-state index in [2.05, 4.69) is 15.8 Å². The second-order valence-electron chi connectivity index (χ2n) is 16.5. The molecule has 0 aliphatic heterocycles. The number of hydrogen-bond acceptors (Lipinski definition) is 9. The summed E-state index contributed by atoms with van der Waals surface area (Å²) < 4.78 is 37.5. The highest BCUT2D eigenvalue weighted by atomic mass is 31.2.